The summed E-state index contributed by atoms with van der Waals surface area (Å²) in [7, 11) is 0. The van der Waals surface area contributed by atoms with E-state index in [0.717, 1.165) is 0 Å². The Morgan fingerprint density at radius 1 is 1.36 bits per heavy atom. The molecular formula is C5H6N6. The van der Waals surface area contributed by atoms with Crippen LogP contribution in [-0.4, -0.2) is 30.0 Å². The number of nitrogens with zero attached hydrogens (tertiary/aromatic N) is 4. The maximum Gasteiger partial charge on any atom is 0.218 e. The molecular weight excluding hydrogens is 144 g/mol. The summed E-state index contributed by atoms with van der Waals surface area (Å²) in [6.45, 7) is 0. The molecule has 0 aromatic rings. The van der Waals surface area contributed by atoms with Crippen molar-refractivity contribution >= 4 is 24.0 Å². The van der Waals surface area contributed by atoms with Gasteiger partial charge in [0.25, 0.3) is 0 Å². The highest BCUT2D eigenvalue weighted by Gasteiger charge is 2.26. The molecule has 2 heterocycles. The molecule has 2 aliphatic rings. The smallest absolute Gasteiger partial charge is 0.218 e. The van der Waals surface area contributed by atoms with Gasteiger partial charge in [0.05, 0.1) is 0 Å². The number of rotatable bonds is 0. The van der Waals surface area contributed by atoms with Crippen LogP contribution in [0, 0.1) is 0 Å². The molecule has 0 aromatic heterocycles. The first kappa shape index (κ1) is 6.02. The van der Waals surface area contributed by atoms with E-state index in [2.05, 4.69) is 20.0 Å². The summed E-state index contributed by atoms with van der Waals surface area (Å²) in [5.41, 5.74) is 10.8. The average molecular weight is 150 g/mol. The summed E-state index contributed by atoms with van der Waals surface area (Å²) in [6, 6.07) is -0.347. The van der Waals surface area contributed by atoms with E-state index in [9.17, 15) is 0 Å². The summed E-state index contributed by atoms with van der Waals surface area (Å²) >= 11 is 0. The van der Waals surface area contributed by atoms with Crippen molar-refractivity contribution in [2.75, 3.05) is 0 Å². The zero-order valence-corrected chi connectivity index (χ0v) is 5.60. The molecule has 0 aromatic carbocycles. The van der Waals surface area contributed by atoms with E-state index in [4.69, 9.17) is 11.5 Å². The Kier molecular flexibility index (Phi) is 1.03. The third kappa shape index (κ3) is 0.794. The first-order valence-electron chi connectivity index (χ1n) is 3.05. The first-order chi connectivity index (χ1) is 5.27. The highest BCUT2D eigenvalue weighted by Crippen LogP contribution is 2.07. The van der Waals surface area contributed by atoms with E-state index in [1.165, 1.54) is 6.34 Å². The van der Waals surface area contributed by atoms with Crippen molar-refractivity contribution in [1.29, 1.82) is 0 Å². The number of guanidine groups is 1. The lowest BCUT2D eigenvalue weighted by atomic mass is 10.2. The van der Waals surface area contributed by atoms with Crippen LogP contribution in [0.1, 0.15) is 0 Å². The Labute approximate surface area is 62.4 Å². The fourth-order valence-corrected chi connectivity index (χ4v) is 0.921. The first-order valence-corrected chi connectivity index (χ1v) is 3.05. The van der Waals surface area contributed by atoms with Crippen molar-refractivity contribution in [2.24, 2.45) is 31.4 Å². The molecule has 0 spiro atoms. The van der Waals surface area contributed by atoms with Crippen LogP contribution in [0.5, 0.6) is 0 Å². The van der Waals surface area contributed by atoms with E-state index >= 15 is 0 Å². The van der Waals surface area contributed by atoms with Crippen molar-refractivity contribution in [1.82, 2.24) is 0 Å². The molecule has 11 heavy (non-hydrogen) atoms. The molecule has 1 unspecified atom stereocenters. The molecule has 1 atom stereocenters. The predicted octanol–water partition coefficient (Wildman–Crippen LogP) is -1.52. The fraction of sp³-hybridized carbons (Fsp3) is 0.200. The summed E-state index contributed by atoms with van der Waals surface area (Å²) in [5.74, 6) is 1.12. The van der Waals surface area contributed by atoms with Crippen molar-refractivity contribution in [3.8, 4) is 0 Å². The van der Waals surface area contributed by atoms with Gasteiger partial charge in [-0.15, -0.1) is 0 Å². The normalized spacial score (nSPS) is 27.3. The van der Waals surface area contributed by atoms with Crippen LogP contribution in [-0.2, 0) is 0 Å². The molecule has 4 N–H and O–H groups in total. The Balaban J connectivity index is 2.44. The Morgan fingerprint density at radius 3 is 2.91 bits per heavy atom. The summed E-state index contributed by atoms with van der Waals surface area (Å²) in [4.78, 5) is 15.4. The van der Waals surface area contributed by atoms with Gasteiger partial charge >= 0.3 is 0 Å². The largest absolute Gasteiger partial charge is 0.385 e. The molecule has 0 amide bonds. The van der Waals surface area contributed by atoms with Gasteiger partial charge in [-0.3, -0.25) is 0 Å². The van der Waals surface area contributed by atoms with Gasteiger partial charge in [0.1, 0.15) is 12.2 Å². The van der Waals surface area contributed by atoms with Gasteiger partial charge in [-0.05, 0) is 0 Å². The Hall–Kier alpha value is -1.72. The van der Waals surface area contributed by atoms with Crippen LogP contribution >= 0.6 is 0 Å². The minimum atomic E-state index is -0.347. The van der Waals surface area contributed by atoms with Crippen LogP contribution in [0.25, 0.3) is 0 Å². The van der Waals surface area contributed by atoms with Crippen LogP contribution in [0.2, 0.25) is 0 Å². The van der Waals surface area contributed by atoms with Crippen LogP contribution in [0.3, 0.4) is 0 Å². The zero-order valence-electron chi connectivity index (χ0n) is 5.60. The molecule has 0 saturated heterocycles. The fourth-order valence-electron chi connectivity index (χ4n) is 0.921. The van der Waals surface area contributed by atoms with Gasteiger partial charge in [0, 0.05) is 0 Å². The second kappa shape index (κ2) is 1.88. The van der Waals surface area contributed by atoms with Crippen molar-refractivity contribution in [2.45, 2.75) is 6.04 Å². The second-order valence-corrected chi connectivity index (χ2v) is 2.16. The number of hydrogen-bond acceptors (Lipinski definition) is 6. The van der Waals surface area contributed by atoms with Gasteiger partial charge in [0.15, 0.2) is 11.9 Å². The average Bonchev–Trinajstić information content (AvgIpc) is 2.31. The highest BCUT2D eigenvalue weighted by molar-refractivity contribution is 6.21. The highest BCUT2D eigenvalue weighted by atomic mass is 15.2. The van der Waals surface area contributed by atoms with E-state index in [1.54, 1.807) is 0 Å². The quantitative estimate of drug-likeness (QED) is 0.438. The second-order valence-electron chi connectivity index (χ2n) is 2.16. The minimum absolute atomic E-state index is 0.210. The predicted molar refractivity (Wildman–Crippen MR) is 43.0 cm³/mol. The standard InChI is InChI=1S/C5H6N6/c6-3-2-4(9-1-8-3)11-5(7)10-2/h1-2H,(H4,6,7,8,9,10,11). The monoisotopic (exact) mass is 150 g/mol. The number of fused-ring (bicyclic) bond motifs is 1. The Morgan fingerprint density at radius 2 is 2.18 bits per heavy atom. The molecule has 0 bridgehead atoms. The zero-order chi connectivity index (χ0) is 7.84. The molecule has 0 fully saturated rings. The molecule has 0 aliphatic carbocycles. The lowest BCUT2D eigenvalue weighted by Crippen LogP contribution is -2.34. The maximum atomic E-state index is 5.50. The van der Waals surface area contributed by atoms with Gasteiger partial charge in [0.2, 0.25) is 5.96 Å². The lowest BCUT2D eigenvalue weighted by Gasteiger charge is -2.07. The van der Waals surface area contributed by atoms with Gasteiger partial charge in [-0.1, -0.05) is 0 Å². The van der Waals surface area contributed by atoms with E-state index in [0.29, 0.717) is 11.7 Å². The van der Waals surface area contributed by atoms with Crippen molar-refractivity contribution in [3.05, 3.63) is 0 Å². The van der Waals surface area contributed by atoms with E-state index in [1.807, 2.05) is 0 Å². The van der Waals surface area contributed by atoms with Gasteiger partial charge < -0.3 is 11.5 Å². The third-order valence-corrected chi connectivity index (χ3v) is 1.41. The number of nitrogens with two attached hydrogens (primary N) is 2. The third-order valence-electron chi connectivity index (χ3n) is 1.41. The summed E-state index contributed by atoms with van der Waals surface area (Å²) in [6.07, 6.45) is 1.35. The van der Waals surface area contributed by atoms with Crippen LogP contribution in [0.4, 0.5) is 0 Å². The van der Waals surface area contributed by atoms with E-state index < -0.39 is 0 Å². The molecule has 2 aliphatic heterocycles. The number of hydrogen-bond donors (Lipinski definition) is 2. The molecule has 6 nitrogen and oxygen atoms in total. The summed E-state index contributed by atoms with van der Waals surface area (Å²) < 4.78 is 0. The van der Waals surface area contributed by atoms with Crippen LogP contribution in [0.15, 0.2) is 20.0 Å². The molecule has 6 heteroatoms. The maximum absolute atomic E-state index is 5.50. The Bertz CT molecular complexity index is 309. The minimum Gasteiger partial charge on any atom is -0.385 e. The van der Waals surface area contributed by atoms with Gasteiger partial charge in [-0.25, -0.2) is 15.0 Å². The van der Waals surface area contributed by atoms with Gasteiger partial charge in [-0.2, -0.15) is 4.99 Å². The molecule has 2 rings (SSSR count). The van der Waals surface area contributed by atoms with E-state index in [-0.39, 0.29) is 12.0 Å². The lowest BCUT2D eigenvalue weighted by molar-refractivity contribution is 1.11. The number of aliphatic imine (C=N–C) groups is 4. The molecule has 0 radical (unpaired) electrons. The van der Waals surface area contributed by atoms with Crippen LogP contribution < -0.4 is 11.5 Å². The summed E-state index contributed by atoms with van der Waals surface area (Å²) in [5, 5.41) is 0. The SMILES string of the molecule is NC1=NC2C(N)=NC=NC2=N1. The van der Waals surface area contributed by atoms with Crippen molar-refractivity contribution < 1.29 is 0 Å². The van der Waals surface area contributed by atoms with Crippen molar-refractivity contribution in [3.63, 3.8) is 0 Å². The number of amidine groups is 2. The molecule has 0 saturated carbocycles. The topological polar surface area (TPSA) is 101 Å². The molecule has 56 valence electrons.